The van der Waals surface area contributed by atoms with Gasteiger partial charge in [0.25, 0.3) is 0 Å². The van der Waals surface area contributed by atoms with Crippen molar-refractivity contribution in [2.45, 2.75) is 39.2 Å². The van der Waals surface area contributed by atoms with E-state index in [4.69, 9.17) is 4.74 Å². The van der Waals surface area contributed by atoms with Crippen molar-refractivity contribution in [2.75, 3.05) is 13.1 Å². The maximum atomic E-state index is 12.2. The van der Waals surface area contributed by atoms with Crippen LogP contribution in [0.5, 0.6) is 0 Å². The lowest BCUT2D eigenvalue weighted by Gasteiger charge is -2.24. The molecule has 3 heterocycles. The zero-order valence-corrected chi connectivity index (χ0v) is 15.3. The number of likely N-dealkylation sites (tertiary alicyclic amines) is 1. The predicted molar refractivity (Wildman–Crippen MR) is 93.9 cm³/mol. The molecule has 0 radical (unpaired) electrons. The van der Waals surface area contributed by atoms with Gasteiger partial charge in [-0.15, -0.1) is 0 Å². The number of carbonyl (C=O) groups excluding carboxylic acids is 1. The summed E-state index contributed by atoms with van der Waals surface area (Å²) < 4.78 is 7.22. The van der Waals surface area contributed by atoms with Crippen LogP contribution < -0.4 is 0 Å². The second-order valence-corrected chi connectivity index (χ2v) is 7.54. The van der Waals surface area contributed by atoms with Gasteiger partial charge in [-0.1, -0.05) is 0 Å². The third kappa shape index (κ3) is 4.35. The number of hydrogen-bond donors (Lipinski definition) is 0. The highest BCUT2D eigenvalue weighted by Gasteiger charge is 2.30. The van der Waals surface area contributed by atoms with Gasteiger partial charge in [0, 0.05) is 44.3 Å². The second-order valence-electron chi connectivity index (χ2n) is 7.54. The maximum absolute atomic E-state index is 12.2. The standard InChI is InChI=1S/C18H25N5O2/c1-18(2,3)25-17(24)23-8-5-13(11-23)9-15-16(20-7-6-19-15)14-10-21-22(4)12-14/h6-7,10,12-13H,5,8-9,11H2,1-4H3/t13-/m0/s1. The Balaban J connectivity index is 1.67. The molecular weight excluding hydrogens is 318 g/mol. The van der Waals surface area contributed by atoms with Crippen molar-refractivity contribution in [1.82, 2.24) is 24.6 Å². The zero-order valence-electron chi connectivity index (χ0n) is 15.3. The van der Waals surface area contributed by atoms with Crippen LogP contribution in [0.4, 0.5) is 4.79 Å². The number of aryl methyl sites for hydroxylation is 1. The van der Waals surface area contributed by atoms with Crippen LogP contribution in [0.2, 0.25) is 0 Å². The lowest BCUT2D eigenvalue weighted by atomic mass is 10.00. The molecule has 2 aromatic rings. The van der Waals surface area contributed by atoms with E-state index in [0.29, 0.717) is 12.5 Å². The average molecular weight is 343 g/mol. The summed E-state index contributed by atoms with van der Waals surface area (Å²) in [4.78, 5) is 23.0. The Morgan fingerprint density at radius 3 is 2.76 bits per heavy atom. The first-order chi connectivity index (χ1) is 11.8. The van der Waals surface area contributed by atoms with Crippen LogP contribution in [0.3, 0.4) is 0 Å². The molecule has 0 aliphatic carbocycles. The fourth-order valence-electron chi connectivity index (χ4n) is 3.07. The number of carbonyl (C=O) groups is 1. The minimum absolute atomic E-state index is 0.235. The molecule has 0 N–H and O–H groups in total. The Labute approximate surface area is 148 Å². The Bertz CT molecular complexity index is 750. The van der Waals surface area contributed by atoms with E-state index in [1.54, 1.807) is 28.2 Å². The van der Waals surface area contributed by atoms with E-state index in [0.717, 1.165) is 36.3 Å². The summed E-state index contributed by atoms with van der Waals surface area (Å²) in [5.74, 6) is 0.361. The van der Waals surface area contributed by atoms with Gasteiger partial charge in [-0.25, -0.2) is 4.79 Å². The Hall–Kier alpha value is -2.44. The molecule has 0 bridgehead atoms. The summed E-state index contributed by atoms with van der Waals surface area (Å²) in [6, 6.07) is 0. The lowest BCUT2D eigenvalue weighted by Crippen LogP contribution is -2.35. The normalized spacial score (nSPS) is 17.8. The van der Waals surface area contributed by atoms with Crippen LogP contribution in [-0.2, 0) is 18.2 Å². The van der Waals surface area contributed by atoms with Crippen molar-refractivity contribution >= 4 is 6.09 Å². The van der Waals surface area contributed by atoms with Crippen molar-refractivity contribution in [3.8, 4) is 11.3 Å². The molecular formula is C18H25N5O2. The topological polar surface area (TPSA) is 73.1 Å². The smallest absolute Gasteiger partial charge is 0.410 e. The van der Waals surface area contributed by atoms with Crippen LogP contribution in [0, 0.1) is 5.92 Å². The first-order valence-electron chi connectivity index (χ1n) is 8.58. The van der Waals surface area contributed by atoms with Gasteiger partial charge in [-0.2, -0.15) is 5.10 Å². The second kappa shape index (κ2) is 6.82. The number of aromatic nitrogens is 4. The Morgan fingerprint density at radius 1 is 1.32 bits per heavy atom. The molecule has 2 aromatic heterocycles. The summed E-state index contributed by atoms with van der Waals surface area (Å²) in [6.07, 6.45) is 8.66. The molecule has 1 saturated heterocycles. The van der Waals surface area contributed by atoms with Crippen LogP contribution in [-0.4, -0.2) is 49.4 Å². The highest BCUT2D eigenvalue weighted by molar-refractivity contribution is 5.68. The van der Waals surface area contributed by atoms with Gasteiger partial charge in [-0.3, -0.25) is 14.6 Å². The quantitative estimate of drug-likeness (QED) is 0.857. The highest BCUT2D eigenvalue weighted by atomic mass is 16.6. The number of rotatable bonds is 3. The van der Waals surface area contributed by atoms with Crippen molar-refractivity contribution in [1.29, 1.82) is 0 Å². The van der Waals surface area contributed by atoms with Gasteiger partial charge < -0.3 is 9.64 Å². The fraction of sp³-hybridized carbons (Fsp3) is 0.556. The van der Waals surface area contributed by atoms with Crippen molar-refractivity contribution < 1.29 is 9.53 Å². The fourth-order valence-corrected chi connectivity index (χ4v) is 3.07. The number of nitrogens with zero attached hydrogens (tertiary/aromatic N) is 5. The van der Waals surface area contributed by atoms with Gasteiger partial charge in [-0.05, 0) is 39.5 Å². The molecule has 1 aliphatic rings. The maximum Gasteiger partial charge on any atom is 0.410 e. The van der Waals surface area contributed by atoms with E-state index in [2.05, 4.69) is 15.1 Å². The molecule has 1 fully saturated rings. The van der Waals surface area contributed by atoms with E-state index in [9.17, 15) is 4.79 Å². The van der Waals surface area contributed by atoms with E-state index >= 15 is 0 Å². The largest absolute Gasteiger partial charge is 0.444 e. The van der Waals surface area contributed by atoms with E-state index in [-0.39, 0.29) is 6.09 Å². The first kappa shape index (κ1) is 17.4. The first-order valence-corrected chi connectivity index (χ1v) is 8.58. The third-order valence-corrected chi connectivity index (χ3v) is 4.17. The summed E-state index contributed by atoms with van der Waals surface area (Å²) in [7, 11) is 1.88. The molecule has 1 amide bonds. The minimum Gasteiger partial charge on any atom is -0.444 e. The van der Waals surface area contributed by atoms with Gasteiger partial charge >= 0.3 is 6.09 Å². The van der Waals surface area contributed by atoms with Gasteiger partial charge in [0.15, 0.2) is 0 Å². The van der Waals surface area contributed by atoms with E-state index < -0.39 is 5.60 Å². The predicted octanol–water partition coefficient (Wildman–Crippen LogP) is 2.68. The zero-order chi connectivity index (χ0) is 18.0. The molecule has 0 spiro atoms. The third-order valence-electron chi connectivity index (χ3n) is 4.17. The molecule has 0 saturated carbocycles. The molecule has 1 atom stereocenters. The summed E-state index contributed by atoms with van der Waals surface area (Å²) in [6.45, 7) is 7.08. The monoisotopic (exact) mass is 343 g/mol. The van der Waals surface area contributed by atoms with Gasteiger partial charge in [0.05, 0.1) is 17.6 Å². The minimum atomic E-state index is -0.465. The Kier molecular flexibility index (Phi) is 4.74. The van der Waals surface area contributed by atoms with Crippen LogP contribution >= 0.6 is 0 Å². The van der Waals surface area contributed by atoms with Crippen molar-refractivity contribution in [2.24, 2.45) is 13.0 Å². The van der Waals surface area contributed by atoms with Gasteiger partial charge in [0.1, 0.15) is 5.60 Å². The average Bonchev–Trinajstić information content (AvgIpc) is 3.15. The molecule has 7 nitrogen and oxygen atoms in total. The van der Waals surface area contributed by atoms with Gasteiger partial charge in [0.2, 0.25) is 0 Å². The summed E-state index contributed by atoms with van der Waals surface area (Å²) >= 11 is 0. The molecule has 134 valence electrons. The Morgan fingerprint density at radius 2 is 2.08 bits per heavy atom. The molecule has 3 rings (SSSR count). The van der Waals surface area contributed by atoms with Crippen molar-refractivity contribution in [3.05, 3.63) is 30.5 Å². The van der Waals surface area contributed by atoms with E-state index in [1.807, 2.05) is 34.0 Å². The van der Waals surface area contributed by atoms with Crippen LogP contribution in [0.15, 0.2) is 24.8 Å². The summed E-state index contributed by atoms with van der Waals surface area (Å²) in [5, 5.41) is 4.21. The summed E-state index contributed by atoms with van der Waals surface area (Å²) in [5.41, 5.74) is 2.32. The lowest BCUT2D eigenvalue weighted by molar-refractivity contribution is 0.0288. The SMILES string of the molecule is Cn1cc(-c2nccnc2C[C@@H]2CCN(C(=O)OC(C)(C)C)C2)cn1. The molecule has 25 heavy (non-hydrogen) atoms. The molecule has 7 heteroatoms. The van der Waals surface area contributed by atoms with Crippen LogP contribution in [0.1, 0.15) is 32.9 Å². The van der Waals surface area contributed by atoms with Crippen molar-refractivity contribution in [3.63, 3.8) is 0 Å². The van der Waals surface area contributed by atoms with E-state index in [1.165, 1.54) is 0 Å². The highest BCUT2D eigenvalue weighted by Crippen LogP contribution is 2.26. The number of amides is 1. The number of hydrogen-bond acceptors (Lipinski definition) is 5. The molecule has 0 unspecified atom stereocenters. The molecule has 1 aliphatic heterocycles. The number of ether oxygens (including phenoxy) is 1. The van der Waals surface area contributed by atoms with Crippen LogP contribution in [0.25, 0.3) is 11.3 Å². The molecule has 0 aromatic carbocycles.